The van der Waals surface area contributed by atoms with E-state index in [1.54, 1.807) is 46.6 Å². The number of piperidine rings is 1. The fourth-order valence-electron chi connectivity index (χ4n) is 4.05. The van der Waals surface area contributed by atoms with Gasteiger partial charge in [0, 0.05) is 36.4 Å². The molecule has 2 amide bonds. The highest BCUT2D eigenvalue weighted by Crippen LogP contribution is 2.38. The van der Waals surface area contributed by atoms with Crippen LogP contribution in [-0.4, -0.2) is 59.0 Å². The summed E-state index contributed by atoms with van der Waals surface area (Å²) in [5.41, 5.74) is -0.628. The van der Waals surface area contributed by atoms with Gasteiger partial charge in [-0.15, -0.1) is 11.3 Å². The molecule has 29 heavy (non-hydrogen) atoms. The fourth-order valence-corrected chi connectivity index (χ4v) is 4.74. The fraction of sp³-hybridized carbons (Fsp3) is 0.381. The predicted molar refractivity (Wildman–Crippen MR) is 104 cm³/mol. The summed E-state index contributed by atoms with van der Waals surface area (Å²) in [6, 6.07) is 11.3. The van der Waals surface area contributed by atoms with Crippen LogP contribution in [0.2, 0.25) is 0 Å². The highest BCUT2D eigenvalue weighted by molar-refractivity contribution is 7.10. The molecule has 2 aliphatic heterocycles. The topological polar surface area (TPSA) is 90.0 Å². The van der Waals surface area contributed by atoms with Crippen molar-refractivity contribution in [3.8, 4) is 0 Å². The smallest absolute Gasteiger partial charge is 0.256 e. The number of ether oxygens (including phenoxy) is 1. The molecular weight excluding hydrogens is 392 g/mol. The first kappa shape index (κ1) is 19.6. The number of rotatable bonds is 4. The Labute approximate surface area is 172 Å². The van der Waals surface area contributed by atoms with Crippen LogP contribution >= 0.6 is 11.3 Å². The van der Waals surface area contributed by atoms with Gasteiger partial charge in [0.2, 0.25) is 5.91 Å². The summed E-state index contributed by atoms with van der Waals surface area (Å²) in [5.74, 6) is -1.70. The maximum atomic E-state index is 13.1. The van der Waals surface area contributed by atoms with E-state index in [-0.39, 0.29) is 12.5 Å². The predicted octanol–water partition coefficient (Wildman–Crippen LogP) is 0.900. The van der Waals surface area contributed by atoms with E-state index in [1.807, 2.05) is 17.5 Å². The van der Waals surface area contributed by atoms with Gasteiger partial charge < -0.3 is 19.5 Å². The van der Waals surface area contributed by atoms with Crippen molar-refractivity contribution >= 4 is 29.1 Å². The number of nitrogens with zero attached hydrogens (tertiary/aromatic N) is 2. The Kier molecular flexibility index (Phi) is 5.38. The van der Waals surface area contributed by atoms with E-state index >= 15 is 0 Å². The minimum atomic E-state index is -1.33. The number of hydrogen-bond acceptors (Lipinski definition) is 6. The molecule has 3 heterocycles. The highest BCUT2D eigenvalue weighted by Gasteiger charge is 2.52. The van der Waals surface area contributed by atoms with Crippen LogP contribution in [0, 0.1) is 0 Å². The van der Waals surface area contributed by atoms with E-state index in [1.165, 1.54) is 4.90 Å². The van der Waals surface area contributed by atoms with Crippen LogP contribution in [0.5, 0.6) is 0 Å². The molecule has 0 N–H and O–H groups in total. The van der Waals surface area contributed by atoms with Crippen molar-refractivity contribution in [3.63, 3.8) is 0 Å². The third-order valence-corrected chi connectivity index (χ3v) is 6.45. The first-order valence-electron chi connectivity index (χ1n) is 9.54. The summed E-state index contributed by atoms with van der Waals surface area (Å²) >= 11 is 1.54. The molecule has 0 unspecified atom stereocenters. The summed E-state index contributed by atoms with van der Waals surface area (Å²) in [5, 5.41) is 13.6. The average Bonchev–Trinajstić information content (AvgIpc) is 3.37. The molecule has 0 radical (unpaired) electrons. The van der Waals surface area contributed by atoms with E-state index in [9.17, 15) is 19.5 Å². The Morgan fingerprint density at radius 3 is 2.45 bits per heavy atom. The van der Waals surface area contributed by atoms with Gasteiger partial charge >= 0.3 is 0 Å². The molecule has 1 spiro atoms. The molecule has 0 saturated carbocycles. The molecule has 1 aromatic heterocycles. The van der Waals surface area contributed by atoms with Crippen LogP contribution in [-0.2, 0) is 20.7 Å². The molecule has 1 atom stereocenters. The summed E-state index contributed by atoms with van der Waals surface area (Å²) < 4.78 is 5.89. The van der Waals surface area contributed by atoms with E-state index in [2.05, 4.69) is 0 Å². The van der Waals surface area contributed by atoms with Crippen molar-refractivity contribution < 1.29 is 24.2 Å². The van der Waals surface area contributed by atoms with Crippen LogP contribution < -0.4 is 5.11 Å². The molecule has 1 aromatic carbocycles. The van der Waals surface area contributed by atoms with Gasteiger partial charge in [-0.2, -0.15) is 0 Å². The second-order valence-electron chi connectivity index (χ2n) is 7.27. The summed E-state index contributed by atoms with van der Waals surface area (Å²) in [7, 11) is 0. The van der Waals surface area contributed by atoms with Crippen molar-refractivity contribution in [2.45, 2.75) is 31.0 Å². The number of likely N-dealkylation sites (tertiary alicyclic amines) is 1. The van der Waals surface area contributed by atoms with Crippen molar-refractivity contribution in [2.24, 2.45) is 0 Å². The largest absolute Gasteiger partial charge is 0.548 e. The highest BCUT2D eigenvalue weighted by atomic mass is 32.1. The molecule has 2 saturated heterocycles. The van der Waals surface area contributed by atoms with E-state index in [4.69, 9.17) is 4.74 Å². The molecular formula is C21H21N2O5S-. The summed E-state index contributed by atoms with van der Waals surface area (Å²) in [6.07, 6.45) is 1.08. The lowest BCUT2D eigenvalue weighted by molar-refractivity contribution is -0.310. The first-order valence-corrected chi connectivity index (χ1v) is 10.4. The SMILES string of the molecule is O=C([O-])[C@H]1COC2(CCN(C(=O)Cc3cccs3)CC2)N1C(=O)c1ccccc1. The number of hydrogen-bond donors (Lipinski definition) is 0. The van der Waals surface area contributed by atoms with Gasteiger partial charge in [-0.1, -0.05) is 24.3 Å². The molecule has 2 aliphatic rings. The van der Waals surface area contributed by atoms with Crippen molar-refractivity contribution in [1.29, 1.82) is 0 Å². The van der Waals surface area contributed by atoms with Crippen molar-refractivity contribution in [2.75, 3.05) is 19.7 Å². The third-order valence-electron chi connectivity index (χ3n) is 5.58. The lowest BCUT2D eigenvalue weighted by atomic mass is 9.96. The Hall–Kier alpha value is -2.71. The van der Waals surface area contributed by atoms with Gasteiger partial charge in [0.05, 0.1) is 25.0 Å². The zero-order chi connectivity index (χ0) is 20.4. The number of carbonyl (C=O) groups excluding carboxylic acids is 3. The molecule has 8 heteroatoms. The Morgan fingerprint density at radius 1 is 1.10 bits per heavy atom. The van der Waals surface area contributed by atoms with Gasteiger partial charge in [0.1, 0.15) is 5.72 Å². The van der Waals surface area contributed by atoms with Crippen molar-refractivity contribution in [1.82, 2.24) is 9.80 Å². The molecule has 7 nitrogen and oxygen atoms in total. The molecule has 0 bridgehead atoms. The average molecular weight is 413 g/mol. The van der Waals surface area contributed by atoms with Crippen molar-refractivity contribution in [3.05, 3.63) is 58.3 Å². The van der Waals surface area contributed by atoms with Crippen LogP contribution in [0.25, 0.3) is 0 Å². The summed E-state index contributed by atoms with van der Waals surface area (Å²) in [6.45, 7) is 0.704. The van der Waals surface area contributed by atoms with Crippen LogP contribution in [0.4, 0.5) is 0 Å². The van der Waals surface area contributed by atoms with E-state index in [0.717, 1.165) is 4.88 Å². The van der Waals surface area contributed by atoms with Gasteiger partial charge in [-0.05, 0) is 23.6 Å². The normalized spacial score (nSPS) is 20.8. The zero-order valence-electron chi connectivity index (χ0n) is 15.8. The zero-order valence-corrected chi connectivity index (χ0v) is 16.6. The lowest BCUT2D eigenvalue weighted by Crippen LogP contribution is -2.60. The Bertz CT molecular complexity index is 891. The van der Waals surface area contributed by atoms with Crippen LogP contribution in [0.3, 0.4) is 0 Å². The number of amides is 2. The minimum Gasteiger partial charge on any atom is -0.548 e. The van der Waals surface area contributed by atoms with Gasteiger partial charge in [0.25, 0.3) is 5.91 Å². The second kappa shape index (κ2) is 7.96. The Morgan fingerprint density at radius 2 is 1.83 bits per heavy atom. The number of carboxylic acids is 1. The van der Waals surface area contributed by atoms with E-state index < -0.39 is 23.6 Å². The van der Waals surface area contributed by atoms with Crippen LogP contribution in [0.1, 0.15) is 28.1 Å². The second-order valence-corrected chi connectivity index (χ2v) is 8.30. The van der Waals surface area contributed by atoms with Gasteiger partial charge in [0.15, 0.2) is 0 Å². The number of aliphatic carboxylic acids is 1. The van der Waals surface area contributed by atoms with Gasteiger partial charge in [-0.25, -0.2) is 0 Å². The monoisotopic (exact) mass is 413 g/mol. The number of carboxylic acid groups (broad SMARTS) is 1. The summed E-state index contributed by atoms with van der Waals surface area (Å²) in [4.78, 5) is 41.5. The quantitative estimate of drug-likeness (QED) is 0.743. The lowest BCUT2D eigenvalue weighted by Gasteiger charge is -2.45. The maximum Gasteiger partial charge on any atom is 0.256 e. The van der Waals surface area contributed by atoms with Gasteiger partial charge in [-0.3, -0.25) is 14.5 Å². The Balaban J connectivity index is 1.51. The number of benzene rings is 1. The minimum absolute atomic E-state index is 0.0256. The molecule has 0 aliphatic carbocycles. The molecule has 2 aromatic rings. The third kappa shape index (κ3) is 3.77. The maximum absolute atomic E-state index is 13.1. The molecule has 2 fully saturated rings. The molecule has 152 valence electrons. The van der Waals surface area contributed by atoms with Crippen LogP contribution in [0.15, 0.2) is 47.8 Å². The first-order chi connectivity index (χ1) is 14.0. The van der Waals surface area contributed by atoms with E-state index in [0.29, 0.717) is 37.9 Å². The number of carbonyl (C=O) groups is 3. The number of thiophene rings is 1. The molecule has 4 rings (SSSR count). The standard InChI is InChI=1S/C21H22N2O5S/c24-18(13-16-7-4-12-29-16)22-10-8-21(9-11-22)23(17(14-28-21)20(26)27)19(25)15-5-2-1-3-6-15/h1-7,12,17H,8-11,13-14H2,(H,26,27)/p-1/t17-/m1/s1.